The summed E-state index contributed by atoms with van der Waals surface area (Å²) in [5.41, 5.74) is 0.374. The van der Waals surface area contributed by atoms with Crippen LogP contribution in [0.5, 0.6) is 5.75 Å². The molecule has 2 aliphatic carbocycles. The average molecular weight is 471 g/mol. The molecule has 2 saturated carbocycles. The molecular formula is C26H34N2O4S. The number of carbonyl (C=O) groups excluding carboxylic acids is 1. The first-order valence-corrected chi connectivity index (χ1v) is 12.7. The number of hydrogen-bond donors (Lipinski definition) is 1. The maximum atomic E-state index is 13.8. The van der Waals surface area contributed by atoms with Crippen molar-refractivity contribution in [3.8, 4) is 5.75 Å². The van der Waals surface area contributed by atoms with Gasteiger partial charge in [-0.25, -0.2) is 4.79 Å². The van der Waals surface area contributed by atoms with Crippen LogP contribution in [0, 0.1) is 11.8 Å². The van der Waals surface area contributed by atoms with Crippen LogP contribution in [0.4, 0.5) is 5.69 Å². The summed E-state index contributed by atoms with van der Waals surface area (Å²) >= 11 is 1.29. The number of carbonyl (C=O) groups is 2. The van der Waals surface area contributed by atoms with E-state index in [-0.39, 0.29) is 34.3 Å². The molecule has 178 valence electrons. The number of carboxylic acid groups (broad SMARTS) is 1. The lowest BCUT2D eigenvalue weighted by atomic mass is 9.80. The van der Waals surface area contributed by atoms with Gasteiger partial charge in [0.1, 0.15) is 16.7 Å². The van der Waals surface area contributed by atoms with E-state index in [1.165, 1.54) is 11.3 Å². The van der Waals surface area contributed by atoms with Crippen molar-refractivity contribution in [2.24, 2.45) is 11.8 Å². The van der Waals surface area contributed by atoms with Crippen LogP contribution in [-0.2, 0) is 10.2 Å². The lowest BCUT2D eigenvalue weighted by molar-refractivity contribution is -0.124. The Balaban J connectivity index is 1.61. The molecule has 1 amide bonds. The summed E-state index contributed by atoms with van der Waals surface area (Å²) in [4.78, 5) is 33.2. The van der Waals surface area contributed by atoms with Gasteiger partial charge in [-0.1, -0.05) is 27.7 Å². The number of thiophene rings is 1. The number of carboxylic acids is 1. The van der Waals surface area contributed by atoms with E-state index in [1.807, 2.05) is 23.1 Å². The highest BCUT2D eigenvalue weighted by Crippen LogP contribution is 2.43. The molecule has 0 saturated heterocycles. The third-order valence-corrected chi connectivity index (χ3v) is 8.42. The minimum Gasteiger partial charge on any atom is -0.489 e. The standard InChI is InChI=1S/C26H34N2O4S/c1-16-7-9-17(10-8-16)24(29)28(18-12-20(13-18)32-19-6-5-11-27-15-19)21-14-22(26(2,3)4)33-23(21)25(30)31/h5-6,11,14-18,20H,7-10,12-13H2,1-4H3,(H,30,31)/t16-,17-,18-,20-. The van der Waals surface area contributed by atoms with Crippen molar-refractivity contribution < 1.29 is 19.4 Å². The van der Waals surface area contributed by atoms with E-state index in [0.717, 1.165) is 36.3 Å². The van der Waals surface area contributed by atoms with Crippen LogP contribution in [0.15, 0.2) is 30.6 Å². The number of pyridine rings is 1. The molecule has 0 bridgehead atoms. The van der Waals surface area contributed by atoms with E-state index in [9.17, 15) is 14.7 Å². The molecular weight excluding hydrogens is 436 g/mol. The first kappa shape index (κ1) is 23.7. The number of ether oxygens (including phenoxy) is 1. The molecule has 2 aromatic rings. The van der Waals surface area contributed by atoms with Gasteiger partial charge in [0, 0.05) is 35.9 Å². The topological polar surface area (TPSA) is 79.7 Å². The summed E-state index contributed by atoms with van der Waals surface area (Å²) in [5, 5.41) is 9.98. The fourth-order valence-electron chi connectivity index (χ4n) is 4.74. The highest BCUT2D eigenvalue weighted by Gasteiger charge is 2.43. The molecule has 7 heteroatoms. The Bertz CT molecular complexity index is 983. The van der Waals surface area contributed by atoms with Gasteiger partial charge in [-0.2, -0.15) is 0 Å². The Morgan fingerprint density at radius 2 is 1.88 bits per heavy atom. The summed E-state index contributed by atoms with van der Waals surface area (Å²) in [7, 11) is 0. The molecule has 2 aliphatic rings. The van der Waals surface area contributed by atoms with Crippen LogP contribution < -0.4 is 9.64 Å². The smallest absolute Gasteiger partial charge is 0.348 e. The molecule has 0 aromatic carbocycles. The Labute approximate surface area is 200 Å². The van der Waals surface area contributed by atoms with Crippen LogP contribution in [0.25, 0.3) is 0 Å². The number of amides is 1. The Kier molecular flexibility index (Phi) is 6.80. The average Bonchev–Trinajstić information content (AvgIpc) is 3.19. The van der Waals surface area contributed by atoms with Crippen molar-refractivity contribution in [2.75, 3.05) is 4.90 Å². The van der Waals surface area contributed by atoms with E-state index >= 15 is 0 Å². The molecule has 0 spiro atoms. The second-order valence-electron chi connectivity index (χ2n) is 10.6. The molecule has 2 heterocycles. The summed E-state index contributed by atoms with van der Waals surface area (Å²) in [5.74, 6) is 0.429. The fourth-order valence-corrected chi connectivity index (χ4v) is 5.78. The second-order valence-corrected chi connectivity index (χ2v) is 11.7. The van der Waals surface area contributed by atoms with Crippen molar-refractivity contribution in [3.63, 3.8) is 0 Å². The molecule has 33 heavy (non-hydrogen) atoms. The second kappa shape index (κ2) is 9.45. The van der Waals surface area contributed by atoms with Gasteiger partial charge in [0.15, 0.2) is 0 Å². The number of aromatic nitrogens is 1. The van der Waals surface area contributed by atoms with Gasteiger partial charge >= 0.3 is 5.97 Å². The van der Waals surface area contributed by atoms with Crippen molar-refractivity contribution in [2.45, 2.75) is 83.8 Å². The highest BCUT2D eigenvalue weighted by molar-refractivity contribution is 7.14. The first-order valence-electron chi connectivity index (χ1n) is 11.9. The van der Waals surface area contributed by atoms with Gasteiger partial charge < -0.3 is 14.7 Å². The molecule has 0 unspecified atom stereocenters. The summed E-state index contributed by atoms with van der Waals surface area (Å²) in [6.45, 7) is 8.46. The van der Waals surface area contributed by atoms with Gasteiger partial charge in [0.2, 0.25) is 5.91 Å². The van der Waals surface area contributed by atoms with Crippen LogP contribution in [0.3, 0.4) is 0 Å². The monoisotopic (exact) mass is 470 g/mol. The first-order chi connectivity index (χ1) is 15.6. The Morgan fingerprint density at radius 3 is 2.45 bits per heavy atom. The molecule has 2 aromatic heterocycles. The van der Waals surface area contributed by atoms with E-state index in [0.29, 0.717) is 24.4 Å². The van der Waals surface area contributed by atoms with Gasteiger partial charge in [-0.15, -0.1) is 11.3 Å². The molecule has 6 nitrogen and oxygen atoms in total. The Hall–Kier alpha value is -2.41. The summed E-state index contributed by atoms with van der Waals surface area (Å²) < 4.78 is 6.03. The molecule has 1 N–H and O–H groups in total. The highest BCUT2D eigenvalue weighted by atomic mass is 32.1. The molecule has 2 fully saturated rings. The van der Waals surface area contributed by atoms with Gasteiger partial charge in [0.05, 0.1) is 11.9 Å². The minimum atomic E-state index is -0.969. The molecule has 0 atom stereocenters. The van der Waals surface area contributed by atoms with Crippen molar-refractivity contribution in [1.29, 1.82) is 0 Å². The van der Waals surface area contributed by atoms with Crippen LogP contribution in [0.2, 0.25) is 0 Å². The van der Waals surface area contributed by atoms with Crippen molar-refractivity contribution in [3.05, 3.63) is 40.3 Å². The minimum absolute atomic E-state index is 0.00474. The third-order valence-electron chi connectivity index (χ3n) is 6.88. The molecule has 0 radical (unpaired) electrons. The number of rotatable bonds is 6. The number of aromatic carboxylic acids is 1. The van der Waals surface area contributed by atoms with Gasteiger partial charge in [-0.3, -0.25) is 9.78 Å². The van der Waals surface area contributed by atoms with Crippen molar-refractivity contribution in [1.82, 2.24) is 4.98 Å². The van der Waals surface area contributed by atoms with E-state index in [4.69, 9.17) is 4.74 Å². The van der Waals surface area contributed by atoms with Crippen LogP contribution >= 0.6 is 11.3 Å². The zero-order chi connectivity index (χ0) is 23.8. The Morgan fingerprint density at radius 1 is 1.18 bits per heavy atom. The van der Waals surface area contributed by atoms with Gasteiger partial charge in [-0.05, 0) is 55.2 Å². The largest absolute Gasteiger partial charge is 0.489 e. The van der Waals surface area contributed by atoms with E-state index in [2.05, 4.69) is 32.7 Å². The predicted octanol–water partition coefficient (Wildman–Crippen LogP) is 5.91. The number of nitrogens with zero attached hydrogens (tertiary/aromatic N) is 2. The quantitative estimate of drug-likeness (QED) is 0.568. The lowest BCUT2D eigenvalue weighted by Gasteiger charge is -2.44. The van der Waals surface area contributed by atoms with E-state index < -0.39 is 5.97 Å². The summed E-state index contributed by atoms with van der Waals surface area (Å²) in [6.07, 6.45) is 8.60. The number of hydrogen-bond acceptors (Lipinski definition) is 5. The number of anilines is 1. The molecule has 4 rings (SSSR count). The van der Waals surface area contributed by atoms with Gasteiger partial charge in [0.25, 0.3) is 0 Å². The maximum Gasteiger partial charge on any atom is 0.348 e. The lowest BCUT2D eigenvalue weighted by Crippen LogP contribution is -2.54. The normalized spacial score (nSPS) is 25.2. The zero-order valence-electron chi connectivity index (χ0n) is 19.9. The van der Waals surface area contributed by atoms with Crippen LogP contribution in [0.1, 0.15) is 80.8 Å². The van der Waals surface area contributed by atoms with E-state index in [1.54, 1.807) is 12.4 Å². The fraction of sp³-hybridized carbons (Fsp3) is 0.577. The SMILES string of the molecule is CC(C)(C)c1cc(N(C(=O)[C@H]2CC[C@H](C)CC2)[C@H]2C[C@H](Oc3cccnc3)C2)c(C(=O)O)s1. The van der Waals surface area contributed by atoms with Crippen LogP contribution in [-0.4, -0.2) is 34.1 Å². The van der Waals surface area contributed by atoms with Crippen molar-refractivity contribution >= 4 is 28.9 Å². The molecule has 0 aliphatic heterocycles. The maximum absolute atomic E-state index is 13.8. The zero-order valence-corrected chi connectivity index (χ0v) is 20.7. The third kappa shape index (κ3) is 5.24. The predicted molar refractivity (Wildman–Crippen MR) is 130 cm³/mol. The summed E-state index contributed by atoms with van der Waals surface area (Å²) in [6, 6.07) is 5.60.